The zero-order valence-corrected chi connectivity index (χ0v) is 19.9. The van der Waals surface area contributed by atoms with E-state index < -0.39 is 6.04 Å². The molecule has 8 heteroatoms. The molecule has 4 heterocycles. The Morgan fingerprint density at radius 3 is 2.51 bits per heavy atom. The lowest BCUT2D eigenvalue weighted by atomic mass is 9.88. The van der Waals surface area contributed by atoms with Gasteiger partial charge in [-0.25, -0.2) is 4.39 Å². The number of hydrogen-bond donors (Lipinski definition) is 1. The van der Waals surface area contributed by atoms with Crippen molar-refractivity contribution in [2.45, 2.75) is 25.3 Å². The van der Waals surface area contributed by atoms with Gasteiger partial charge in [0, 0.05) is 5.56 Å². The predicted molar refractivity (Wildman–Crippen MR) is 133 cm³/mol. The Kier molecular flexibility index (Phi) is 5.83. The van der Waals surface area contributed by atoms with Crippen molar-refractivity contribution in [1.82, 2.24) is 19.5 Å². The van der Waals surface area contributed by atoms with Crippen LogP contribution < -0.4 is 0 Å². The summed E-state index contributed by atoms with van der Waals surface area (Å²) in [6.07, 6.45) is 4.65. The molecule has 6 rings (SSSR count). The monoisotopic (exact) mass is 488 g/mol. The van der Waals surface area contributed by atoms with E-state index >= 15 is 4.39 Å². The molecule has 1 fully saturated rings. The molecule has 0 aliphatic carbocycles. The zero-order chi connectivity index (χ0) is 23.8. The molecule has 35 heavy (non-hydrogen) atoms. The molecule has 3 aromatic heterocycles. The lowest BCUT2D eigenvalue weighted by Gasteiger charge is -2.37. The number of halogens is 1. The van der Waals surface area contributed by atoms with Crippen LogP contribution in [0.3, 0.4) is 0 Å². The molecule has 0 unspecified atom stereocenters. The number of aromatic hydroxyl groups is 1. The number of hydrogen-bond acceptors (Lipinski definition) is 6. The molecule has 2 aromatic carbocycles. The SMILES string of the molecule is Oc1c([C@H](c2ccccc2F)N2CCC(Cc3ccccc3)CC2)sc2nc(-c3ccco3)nn12. The van der Waals surface area contributed by atoms with E-state index in [9.17, 15) is 5.11 Å². The van der Waals surface area contributed by atoms with Crippen molar-refractivity contribution in [3.63, 3.8) is 0 Å². The molecule has 1 N–H and O–H groups in total. The third-order valence-electron chi connectivity index (χ3n) is 6.77. The predicted octanol–water partition coefficient (Wildman–Crippen LogP) is 5.94. The van der Waals surface area contributed by atoms with E-state index in [-0.39, 0.29) is 11.7 Å². The molecule has 6 nitrogen and oxygen atoms in total. The van der Waals surface area contributed by atoms with Crippen molar-refractivity contribution in [2.24, 2.45) is 5.92 Å². The van der Waals surface area contributed by atoms with E-state index in [2.05, 4.69) is 39.2 Å². The topological polar surface area (TPSA) is 66.8 Å². The first-order valence-corrected chi connectivity index (χ1v) is 12.6. The quantitative estimate of drug-likeness (QED) is 0.320. The third-order valence-corrected chi connectivity index (χ3v) is 7.84. The molecule has 0 amide bonds. The van der Waals surface area contributed by atoms with Crippen LogP contribution in [0.15, 0.2) is 77.4 Å². The first kappa shape index (κ1) is 22.0. The molecular weight excluding hydrogens is 463 g/mol. The van der Waals surface area contributed by atoms with Crippen molar-refractivity contribution < 1.29 is 13.9 Å². The van der Waals surface area contributed by atoms with Crippen LogP contribution in [-0.2, 0) is 6.42 Å². The van der Waals surface area contributed by atoms with E-state index in [0.29, 0.717) is 32.9 Å². The summed E-state index contributed by atoms with van der Waals surface area (Å²) in [5.41, 5.74) is 1.91. The smallest absolute Gasteiger partial charge is 0.230 e. The molecule has 0 spiro atoms. The van der Waals surface area contributed by atoms with Gasteiger partial charge >= 0.3 is 0 Å². The molecule has 0 saturated carbocycles. The van der Waals surface area contributed by atoms with Crippen LogP contribution in [0.2, 0.25) is 0 Å². The van der Waals surface area contributed by atoms with Gasteiger partial charge in [-0.2, -0.15) is 9.50 Å². The first-order chi connectivity index (χ1) is 17.2. The standard InChI is InChI=1S/C27H25FN4O2S/c28-21-10-5-4-9-20(21)23(31-14-12-19(13-15-31)17-18-7-2-1-3-8-18)24-26(33)32-27(35-24)29-25(30-32)22-11-6-16-34-22/h1-11,16,19,23,33H,12-15,17H2/t23-/m0/s1. The Hall–Kier alpha value is -3.49. The third kappa shape index (κ3) is 4.24. The van der Waals surface area contributed by atoms with E-state index in [0.717, 1.165) is 32.4 Å². The molecular formula is C27H25FN4O2S. The maximum atomic E-state index is 15.1. The number of thiazole rings is 1. The Morgan fingerprint density at radius 2 is 1.80 bits per heavy atom. The summed E-state index contributed by atoms with van der Waals surface area (Å²) in [5.74, 6) is 1.25. The van der Waals surface area contributed by atoms with E-state index in [4.69, 9.17) is 4.42 Å². The van der Waals surface area contributed by atoms with Crippen molar-refractivity contribution in [1.29, 1.82) is 0 Å². The second-order valence-corrected chi connectivity index (χ2v) is 10.00. The lowest BCUT2D eigenvalue weighted by Crippen LogP contribution is -2.38. The largest absolute Gasteiger partial charge is 0.492 e. The molecule has 1 aliphatic heterocycles. The summed E-state index contributed by atoms with van der Waals surface area (Å²) in [6.45, 7) is 1.64. The van der Waals surface area contributed by atoms with Gasteiger partial charge in [0.05, 0.1) is 17.2 Å². The fraction of sp³-hybridized carbons (Fsp3) is 0.259. The van der Waals surface area contributed by atoms with Gasteiger partial charge in [-0.15, -0.1) is 5.10 Å². The van der Waals surface area contributed by atoms with Crippen LogP contribution in [-0.4, -0.2) is 37.7 Å². The second-order valence-electron chi connectivity index (χ2n) is 8.99. The number of rotatable bonds is 6. The first-order valence-electron chi connectivity index (χ1n) is 11.8. The number of piperidine rings is 1. The number of likely N-dealkylation sites (tertiary alicyclic amines) is 1. The molecule has 178 valence electrons. The lowest BCUT2D eigenvalue weighted by molar-refractivity contribution is 0.148. The van der Waals surface area contributed by atoms with Gasteiger partial charge in [-0.3, -0.25) is 4.90 Å². The minimum Gasteiger partial charge on any atom is -0.492 e. The maximum Gasteiger partial charge on any atom is 0.230 e. The van der Waals surface area contributed by atoms with E-state index in [1.807, 2.05) is 12.1 Å². The number of aromatic nitrogens is 3. The average Bonchev–Trinajstić information content (AvgIpc) is 3.61. The number of furan rings is 1. The highest BCUT2D eigenvalue weighted by molar-refractivity contribution is 7.17. The number of fused-ring (bicyclic) bond motifs is 1. The Morgan fingerprint density at radius 1 is 1.03 bits per heavy atom. The minimum absolute atomic E-state index is 0.00466. The van der Waals surface area contributed by atoms with Crippen LogP contribution >= 0.6 is 11.3 Å². The zero-order valence-electron chi connectivity index (χ0n) is 19.0. The fourth-order valence-electron chi connectivity index (χ4n) is 5.00. The van der Waals surface area contributed by atoms with Gasteiger partial charge in [0.1, 0.15) is 5.82 Å². The summed E-state index contributed by atoms with van der Waals surface area (Å²) in [6, 6.07) is 20.5. The van der Waals surface area contributed by atoms with Crippen LogP contribution in [0.5, 0.6) is 5.88 Å². The van der Waals surface area contributed by atoms with Crippen molar-refractivity contribution >= 4 is 16.3 Å². The highest BCUT2D eigenvalue weighted by Crippen LogP contribution is 2.42. The summed E-state index contributed by atoms with van der Waals surface area (Å²) >= 11 is 1.34. The van der Waals surface area contributed by atoms with Gasteiger partial charge in [0.25, 0.3) is 0 Å². The van der Waals surface area contributed by atoms with Crippen molar-refractivity contribution in [3.8, 4) is 17.5 Å². The Bertz CT molecular complexity index is 1420. The average molecular weight is 489 g/mol. The Labute approximate surface area is 206 Å². The van der Waals surface area contributed by atoms with Gasteiger partial charge in [-0.1, -0.05) is 59.9 Å². The maximum absolute atomic E-state index is 15.1. The molecule has 0 bridgehead atoms. The van der Waals surface area contributed by atoms with Crippen LogP contribution in [0.1, 0.15) is 34.9 Å². The van der Waals surface area contributed by atoms with Crippen LogP contribution in [0.25, 0.3) is 16.5 Å². The summed E-state index contributed by atoms with van der Waals surface area (Å²) in [5, 5.41) is 15.6. The Balaban J connectivity index is 1.31. The fourth-order valence-corrected chi connectivity index (χ4v) is 6.11. The summed E-state index contributed by atoms with van der Waals surface area (Å²) in [4.78, 5) is 8.02. The minimum atomic E-state index is -0.408. The molecule has 1 aliphatic rings. The normalized spacial score (nSPS) is 16.1. The van der Waals surface area contributed by atoms with Gasteiger partial charge < -0.3 is 9.52 Å². The van der Waals surface area contributed by atoms with Gasteiger partial charge in [0.15, 0.2) is 5.76 Å². The summed E-state index contributed by atoms with van der Waals surface area (Å²) in [7, 11) is 0. The molecule has 1 saturated heterocycles. The number of nitrogens with zero attached hydrogens (tertiary/aromatic N) is 4. The van der Waals surface area contributed by atoms with E-state index in [1.54, 1.807) is 30.5 Å². The molecule has 1 atom stereocenters. The van der Waals surface area contributed by atoms with Gasteiger partial charge in [0.2, 0.25) is 16.7 Å². The summed E-state index contributed by atoms with van der Waals surface area (Å²) < 4.78 is 21.9. The van der Waals surface area contributed by atoms with E-state index in [1.165, 1.54) is 27.5 Å². The van der Waals surface area contributed by atoms with Gasteiger partial charge in [-0.05, 0) is 62.0 Å². The van der Waals surface area contributed by atoms with Crippen LogP contribution in [0.4, 0.5) is 4.39 Å². The van der Waals surface area contributed by atoms with Crippen molar-refractivity contribution in [3.05, 3.63) is 94.8 Å². The second kappa shape index (κ2) is 9.28. The molecule has 5 aromatic rings. The highest BCUT2D eigenvalue weighted by Gasteiger charge is 2.33. The highest BCUT2D eigenvalue weighted by atomic mass is 32.1. The number of benzene rings is 2. The molecule has 0 radical (unpaired) electrons. The van der Waals surface area contributed by atoms with Crippen LogP contribution in [0, 0.1) is 11.7 Å². The van der Waals surface area contributed by atoms with Crippen molar-refractivity contribution in [2.75, 3.05) is 13.1 Å².